The number of hydrogen-bond acceptors (Lipinski definition) is 5. The van der Waals surface area contributed by atoms with Gasteiger partial charge in [-0.15, -0.1) is 0 Å². The second-order valence-corrected chi connectivity index (χ2v) is 8.64. The van der Waals surface area contributed by atoms with E-state index >= 15 is 0 Å². The predicted molar refractivity (Wildman–Crippen MR) is 125 cm³/mol. The van der Waals surface area contributed by atoms with Crippen molar-refractivity contribution in [1.82, 2.24) is 0 Å². The Morgan fingerprint density at radius 2 is 1.36 bits per heavy atom. The highest BCUT2D eigenvalue weighted by Gasteiger charge is 2.14. The first-order chi connectivity index (χ1) is 15.9. The highest BCUT2D eigenvalue weighted by Crippen LogP contribution is 2.20. The van der Waals surface area contributed by atoms with Crippen molar-refractivity contribution in [3.63, 3.8) is 0 Å². The van der Waals surface area contributed by atoms with E-state index in [1.54, 1.807) is 72.8 Å². The molecule has 0 unspecified atom stereocenters. The van der Waals surface area contributed by atoms with Gasteiger partial charge >= 0.3 is 0 Å². The predicted octanol–water partition coefficient (Wildman–Crippen LogP) is 4.59. The summed E-state index contributed by atoms with van der Waals surface area (Å²) in [5.74, 6) is -0.603. The van der Waals surface area contributed by atoms with E-state index in [2.05, 4.69) is 15.4 Å². The van der Waals surface area contributed by atoms with Crippen LogP contribution >= 0.6 is 0 Å². The molecule has 0 aliphatic carbocycles. The minimum Gasteiger partial charge on any atom is -0.459 e. The van der Waals surface area contributed by atoms with Crippen molar-refractivity contribution in [2.24, 2.45) is 0 Å². The summed E-state index contributed by atoms with van der Waals surface area (Å²) in [4.78, 5) is 24.8. The molecule has 33 heavy (non-hydrogen) atoms. The monoisotopic (exact) mass is 461 g/mol. The van der Waals surface area contributed by atoms with Crippen molar-refractivity contribution in [2.75, 3.05) is 15.4 Å². The lowest BCUT2D eigenvalue weighted by Gasteiger charge is -2.11. The van der Waals surface area contributed by atoms with E-state index in [-0.39, 0.29) is 16.6 Å². The average molecular weight is 461 g/mol. The van der Waals surface area contributed by atoms with Gasteiger partial charge in [0, 0.05) is 16.9 Å². The Labute approximate surface area is 190 Å². The zero-order chi connectivity index (χ0) is 23.3. The SMILES string of the molecule is O=C(Nc1cccc(NS(=O)(=O)c2ccccc2)c1)c1ccc(NC(=O)c2ccco2)cc1. The molecule has 3 N–H and O–H groups in total. The smallest absolute Gasteiger partial charge is 0.291 e. The summed E-state index contributed by atoms with van der Waals surface area (Å²) >= 11 is 0. The molecule has 0 radical (unpaired) electrons. The number of nitrogens with one attached hydrogen (secondary N) is 3. The number of anilines is 3. The molecule has 4 rings (SSSR count). The summed E-state index contributed by atoms with van der Waals surface area (Å²) < 4.78 is 32.6. The summed E-state index contributed by atoms with van der Waals surface area (Å²) in [6, 6.07) is 23.9. The van der Waals surface area contributed by atoms with E-state index in [9.17, 15) is 18.0 Å². The van der Waals surface area contributed by atoms with Crippen LogP contribution in [0.25, 0.3) is 0 Å². The normalized spacial score (nSPS) is 10.9. The summed E-state index contributed by atoms with van der Waals surface area (Å²) in [5.41, 5.74) is 1.60. The van der Waals surface area contributed by atoms with Crippen molar-refractivity contribution in [1.29, 1.82) is 0 Å². The van der Waals surface area contributed by atoms with E-state index in [1.165, 1.54) is 24.5 Å². The van der Waals surface area contributed by atoms with Crippen LogP contribution in [-0.4, -0.2) is 20.2 Å². The Bertz CT molecular complexity index is 1370. The molecule has 0 spiro atoms. The van der Waals surface area contributed by atoms with Gasteiger partial charge in [-0.25, -0.2) is 8.42 Å². The molecule has 4 aromatic rings. The van der Waals surface area contributed by atoms with E-state index in [4.69, 9.17) is 4.42 Å². The fraction of sp³-hybridized carbons (Fsp3) is 0. The molecule has 0 aliphatic rings. The number of hydrogen-bond donors (Lipinski definition) is 3. The Morgan fingerprint density at radius 3 is 2.06 bits per heavy atom. The van der Waals surface area contributed by atoms with Crippen molar-refractivity contribution in [2.45, 2.75) is 4.90 Å². The fourth-order valence-corrected chi connectivity index (χ4v) is 4.05. The minimum atomic E-state index is -3.75. The van der Waals surface area contributed by atoms with E-state index in [0.717, 1.165) is 0 Å². The third-order valence-electron chi connectivity index (χ3n) is 4.58. The van der Waals surface area contributed by atoms with Crippen molar-refractivity contribution in [3.8, 4) is 0 Å². The van der Waals surface area contributed by atoms with Crippen LogP contribution in [0.5, 0.6) is 0 Å². The van der Waals surface area contributed by atoms with E-state index in [0.29, 0.717) is 22.6 Å². The third-order valence-corrected chi connectivity index (χ3v) is 5.97. The molecule has 0 atom stereocenters. The third kappa shape index (κ3) is 5.46. The van der Waals surface area contributed by atoms with Crippen LogP contribution in [0, 0.1) is 0 Å². The summed E-state index contributed by atoms with van der Waals surface area (Å²) in [7, 11) is -3.75. The molecular weight excluding hydrogens is 442 g/mol. The lowest BCUT2D eigenvalue weighted by molar-refractivity contribution is 0.0995. The Hall–Kier alpha value is -4.37. The molecule has 1 heterocycles. The molecule has 0 aliphatic heterocycles. The number of amides is 2. The zero-order valence-electron chi connectivity index (χ0n) is 17.2. The summed E-state index contributed by atoms with van der Waals surface area (Å²) in [5, 5.41) is 5.40. The van der Waals surface area contributed by atoms with Crippen LogP contribution < -0.4 is 15.4 Å². The maximum Gasteiger partial charge on any atom is 0.291 e. The van der Waals surface area contributed by atoms with Gasteiger partial charge in [-0.2, -0.15) is 0 Å². The molecule has 166 valence electrons. The highest BCUT2D eigenvalue weighted by atomic mass is 32.2. The maximum absolute atomic E-state index is 12.6. The number of rotatable bonds is 7. The van der Waals surface area contributed by atoms with E-state index in [1.807, 2.05) is 0 Å². The maximum atomic E-state index is 12.6. The van der Waals surface area contributed by atoms with Crippen LogP contribution in [0.15, 0.2) is 107 Å². The second-order valence-electron chi connectivity index (χ2n) is 6.96. The number of carbonyl (C=O) groups excluding carboxylic acids is 2. The molecule has 2 amide bonds. The van der Waals surface area contributed by atoms with Gasteiger partial charge in [-0.05, 0) is 66.7 Å². The lowest BCUT2D eigenvalue weighted by atomic mass is 10.2. The first-order valence-corrected chi connectivity index (χ1v) is 11.3. The van der Waals surface area contributed by atoms with Gasteiger partial charge in [0.15, 0.2) is 5.76 Å². The molecule has 0 saturated heterocycles. The van der Waals surface area contributed by atoms with Crippen LogP contribution in [0.1, 0.15) is 20.9 Å². The number of sulfonamides is 1. The van der Waals surface area contributed by atoms with Crippen LogP contribution in [-0.2, 0) is 10.0 Å². The first kappa shape index (κ1) is 21.8. The van der Waals surface area contributed by atoms with Crippen molar-refractivity contribution >= 4 is 38.9 Å². The average Bonchev–Trinajstić information content (AvgIpc) is 3.35. The van der Waals surface area contributed by atoms with Gasteiger partial charge in [0.2, 0.25) is 0 Å². The van der Waals surface area contributed by atoms with Crippen molar-refractivity contribution < 1.29 is 22.4 Å². The quantitative estimate of drug-likeness (QED) is 0.372. The molecular formula is C24H19N3O5S. The fourth-order valence-electron chi connectivity index (χ4n) is 2.98. The van der Waals surface area contributed by atoms with Crippen LogP contribution in [0.4, 0.5) is 17.1 Å². The van der Waals surface area contributed by atoms with Gasteiger partial charge in [0.05, 0.1) is 16.8 Å². The Kier molecular flexibility index (Phi) is 6.23. The molecule has 0 bridgehead atoms. The molecule has 1 aromatic heterocycles. The zero-order valence-corrected chi connectivity index (χ0v) is 18.0. The van der Waals surface area contributed by atoms with Crippen LogP contribution in [0.2, 0.25) is 0 Å². The first-order valence-electron chi connectivity index (χ1n) is 9.85. The minimum absolute atomic E-state index is 0.138. The number of benzene rings is 3. The summed E-state index contributed by atoms with van der Waals surface area (Å²) in [6.45, 7) is 0. The molecule has 3 aromatic carbocycles. The molecule has 9 heteroatoms. The van der Waals surface area contributed by atoms with Gasteiger partial charge in [0.1, 0.15) is 0 Å². The Balaban J connectivity index is 1.41. The number of carbonyl (C=O) groups is 2. The second kappa shape index (κ2) is 9.41. The summed E-state index contributed by atoms with van der Waals surface area (Å²) in [6.07, 6.45) is 1.41. The topological polar surface area (TPSA) is 118 Å². The van der Waals surface area contributed by atoms with Crippen molar-refractivity contribution in [3.05, 3.63) is 109 Å². The lowest BCUT2D eigenvalue weighted by Crippen LogP contribution is -2.15. The highest BCUT2D eigenvalue weighted by molar-refractivity contribution is 7.92. The molecule has 0 saturated carbocycles. The number of furan rings is 1. The van der Waals surface area contributed by atoms with Gasteiger partial charge in [-0.3, -0.25) is 14.3 Å². The largest absolute Gasteiger partial charge is 0.459 e. The Morgan fingerprint density at radius 1 is 0.667 bits per heavy atom. The van der Waals surface area contributed by atoms with E-state index < -0.39 is 15.9 Å². The van der Waals surface area contributed by atoms with Gasteiger partial charge < -0.3 is 15.1 Å². The molecule has 8 nitrogen and oxygen atoms in total. The standard InChI is InChI=1S/C24H19N3O5S/c28-23(17-11-13-18(14-12-17)25-24(29)22-10-5-15-32-22)26-19-6-4-7-20(16-19)27-33(30,31)21-8-2-1-3-9-21/h1-16,27H,(H,25,29)(H,26,28). The van der Waals surface area contributed by atoms with Gasteiger partial charge in [0.25, 0.3) is 21.8 Å². The van der Waals surface area contributed by atoms with Gasteiger partial charge in [-0.1, -0.05) is 24.3 Å². The van der Waals surface area contributed by atoms with Crippen LogP contribution in [0.3, 0.4) is 0 Å². The molecule has 0 fully saturated rings.